The van der Waals surface area contributed by atoms with Crippen molar-refractivity contribution in [2.45, 2.75) is 51.0 Å². The lowest BCUT2D eigenvalue weighted by Gasteiger charge is -2.29. The summed E-state index contributed by atoms with van der Waals surface area (Å²) in [6.07, 6.45) is 6.09. The summed E-state index contributed by atoms with van der Waals surface area (Å²) < 4.78 is 0. The zero-order chi connectivity index (χ0) is 16.1. The van der Waals surface area contributed by atoms with Crippen LogP contribution in [0.5, 0.6) is 5.75 Å². The number of rotatable bonds is 5. The van der Waals surface area contributed by atoms with Crippen molar-refractivity contribution < 1.29 is 5.11 Å². The number of hydrogen-bond acceptors (Lipinski definition) is 2. The highest BCUT2D eigenvalue weighted by atomic mass is 16.3. The number of phenolic OH excluding ortho intramolecular Hbond substituents is 1. The first-order valence-corrected chi connectivity index (χ1v) is 8.78. The average Bonchev–Trinajstić information content (AvgIpc) is 2.58. The Bertz CT molecular complexity index is 592. The fraction of sp³-hybridized carbons (Fsp3) is 0.429. The van der Waals surface area contributed by atoms with Gasteiger partial charge in [-0.15, -0.1) is 0 Å². The van der Waals surface area contributed by atoms with Crippen LogP contribution in [0.3, 0.4) is 0 Å². The molecular weight excluding hydrogens is 282 g/mol. The van der Waals surface area contributed by atoms with Crippen LogP contribution in [-0.4, -0.2) is 17.7 Å². The zero-order valence-electron chi connectivity index (χ0n) is 14.0. The normalized spacial score (nSPS) is 21.3. The van der Waals surface area contributed by atoms with Crippen LogP contribution in [0.15, 0.2) is 48.5 Å². The molecule has 1 saturated carbocycles. The third kappa shape index (κ3) is 4.59. The number of phenols is 1. The van der Waals surface area contributed by atoms with Crippen LogP contribution in [-0.2, 0) is 6.42 Å². The van der Waals surface area contributed by atoms with Crippen LogP contribution in [0.4, 0.5) is 0 Å². The van der Waals surface area contributed by atoms with Gasteiger partial charge in [-0.25, -0.2) is 0 Å². The number of aryl methyl sites for hydroxylation is 1. The summed E-state index contributed by atoms with van der Waals surface area (Å²) in [6.45, 7) is 3.20. The van der Waals surface area contributed by atoms with E-state index >= 15 is 0 Å². The van der Waals surface area contributed by atoms with E-state index < -0.39 is 0 Å². The van der Waals surface area contributed by atoms with Gasteiger partial charge in [0.15, 0.2) is 0 Å². The minimum atomic E-state index is 0.361. The van der Waals surface area contributed by atoms with Crippen LogP contribution in [0, 0.1) is 6.92 Å². The fourth-order valence-corrected chi connectivity index (χ4v) is 3.55. The van der Waals surface area contributed by atoms with Crippen LogP contribution >= 0.6 is 0 Å². The Hall–Kier alpha value is -1.80. The van der Waals surface area contributed by atoms with Gasteiger partial charge in [-0.2, -0.15) is 0 Å². The van der Waals surface area contributed by atoms with Crippen molar-refractivity contribution in [1.82, 2.24) is 5.32 Å². The molecule has 2 N–H and O–H groups in total. The highest BCUT2D eigenvalue weighted by Crippen LogP contribution is 2.33. The summed E-state index contributed by atoms with van der Waals surface area (Å²) >= 11 is 0. The molecule has 1 aliphatic carbocycles. The zero-order valence-corrected chi connectivity index (χ0v) is 14.0. The van der Waals surface area contributed by atoms with E-state index in [2.05, 4.69) is 48.6 Å². The molecular formula is C21H27NO. The maximum Gasteiger partial charge on any atom is 0.115 e. The molecule has 0 amide bonds. The van der Waals surface area contributed by atoms with E-state index in [9.17, 15) is 5.11 Å². The van der Waals surface area contributed by atoms with Crippen molar-refractivity contribution >= 4 is 0 Å². The predicted molar refractivity (Wildman–Crippen MR) is 96.0 cm³/mol. The predicted octanol–water partition coefficient (Wildman–Crippen LogP) is 4.56. The van der Waals surface area contributed by atoms with Gasteiger partial charge in [0.1, 0.15) is 5.75 Å². The monoisotopic (exact) mass is 309 g/mol. The Morgan fingerprint density at radius 3 is 2.22 bits per heavy atom. The first kappa shape index (κ1) is 16.1. The van der Waals surface area contributed by atoms with E-state index in [4.69, 9.17) is 0 Å². The Kier molecular flexibility index (Phi) is 5.35. The van der Waals surface area contributed by atoms with Crippen LogP contribution < -0.4 is 5.32 Å². The molecule has 0 unspecified atom stereocenters. The topological polar surface area (TPSA) is 32.3 Å². The summed E-state index contributed by atoms with van der Waals surface area (Å²) in [7, 11) is 0. The van der Waals surface area contributed by atoms with Crippen molar-refractivity contribution in [2.24, 2.45) is 0 Å². The average molecular weight is 309 g/mol. The van der Waals surface area contributed by atoms with Crippen LogP contribution in [0.25, 0.3) is 0 Å². The molecule has 0 heterocycles. The molecule has 0 bridgehead atoms. The summed E-state index contributed by atoms with van der Waals surface area (Å²) in [4.78, 5) is 0. The smallest absolute Gasteiger partial charge is 0.115 e. The molecule has 0 saturated heterocycles. The van der Waals surface area contributed by atoms with Gasteiger partial charge in [-0.1, -0.05) is 42.0 Å². The number of nitrogens with one attached hydrogen (secondary N) is 1. The summed E-state index contributed by atoms with van der Waals surface area (Å²) in [5.74, 6) is 1.02. The minimum absolute atomic E-state index is 0.361. The molecule has 1 aliphatic rings. The van der Waals surface area contributed by atoms with Gasteiger partial charge in [0.25, 0.3) is 0 Å². The van der Waals surface area contributed by atoms with Crippen molar-refractivity contribution in [2.75, 3.05) is 6.54 Å². The maximum atomic E-state index is 9.39. The molecule has 0 aliphatic heterocycles. The van der Waals surface area contributed by atoms with Gasteiger partial charge in [0.05, 0.1) is 0 Å². The highest BCUT2D eigenvalue weighted by molar-refractivity contribution is 5.28. The second kappa shape index (κ2) is 7.65. The lowest BCUT2D eigenvalue weighted by atomic mass is 9.81. The first-order valence-electron chi connectivity index (χ1n) is 8.78. The van der Waals surface area contributed by atoms with Gasteiger partial charge < -0.3 is 10.4 Å². The van der Waals surface area contributed by atoms with E-state index in [-0.39, 0.29) is 0 Å². The SMILES string of the molecule is Cc1ccc(CCNC2CCC(c3ccc(O)cc3)CC2)cc1. The van der Waals surface area contributed by atoms with Gasteiger partial charge in [0.2, 0.25) is 0 Å². The molecule has 23 heavy (non-hydrogen) atoms. The van der Waals surface area contributed by atoms with Crippen LogP contribution in [0.2, 0.25) is 0 Å². The molecule has 3 rings (SSSR count). The second-order valence-electron chi connectivity index (χ2n) is 6.83. The van der Waals surface area contributed by atoms with E-state index in [1.165, 1.54) is 42.4 Å². The largest absolute Gasteiger partial charge is 0.508 e. The molecule has 0 aromatic heterocycles. The minimum Gasteiger partial charge on any atom is -0.508 e. The number of aromatic hydroxyl groups is 1. The number of benzene rings is 2. The molecule has 122 valence electrons. The lowest BCUT2D eigenvalue weighted by Crippen LogP contribution is -2.34. The third-order valence-electron chi connectivity index (χ3n) is 5.06. The molecule has 2 heteroatoms. The van der Waals surface area contributed by atoms with E-state index in [1.54, 1.807) is 12.1 Å². The Labute approximate surface area is 139 Å². The lowest BCUT2D eigenvalue weighted by molar-refractivity contribution is 0.344. The van der Waals surface area contributed by atoms with Crippen molar-refractivity contribution in [3.8, 4) is 5.75 Å². The molecule has 2 aromatic rings. The van der Waals surface area contributed by atoms with Gasteiger partial charge in [0, 0.05) is 6.04 Å². The molecule has 2 aromatic carbocycles. The second-order valence-corrected chi connectivity index (χ2v) is 6.83. The van der Waals surface area contributed by atoms with E-state index in [1.807, 2.05) is 0 Å². The standard InChI is InChI=1S/C21H27NO/c1-16-2-4-17(5-3-16)14-15-22-20-10-6-18(7-11-20)19-8-12-21(23)13-9-19/h2-5,8-9,12-13,18,20,22-23H,6-7,10-11,14-15H2,1H3. The molecule has 0 spiro atoms. The van der Waals surface area contributed by atoms with Gasteiger partial charge in [-0.3, -0.25) is 0 Å². The molecule has 1 fully saturated rings. The molecule has 0 radical (unpaired) electrons. The third-order valence-corrected chi connectivity index (χ3v) is 5.06. The van der Waals surface area contributed by atoms with Crippen molar-refractivity contribution in [1.29, 1.82) is 0 Å². The Morgan fingerprint density at radius 1 is 0.913 bits per heavy atom. The molecule has 0 atom stereocenters. The van der Waals surface area contributed by atoms with Crippen LogP contribution in [0.1, 0.15) is 48.3 Å². The van der Waals surface area contributed by atoms with Crippen molar-refractivity contribution in [3.63, 3.8) is 0 Å². The van der Waals surface area contributed by atoms with Gasteiger partial charge >= 0.3 is 0 Å². The van der Waals surface area contributed by atoms with E-state index in [0.29, 0.717) is 17.7 Å². The summed E-state index contributed by atoms with van der Waals surface area (Å²) in [5, 5.41) is 13.1. The summed E-state index contributed by atoms with van der Waals surface area (Å²) in [6, 6.07) is 17.3. The Morgan fingerprint density at radius 2 is 1.57 bits per heavy atom. The Balaban J connectivity index is 1.40. The van der Waals surface area contributed by atoms with Gasteiger partial charge in [-0.05, 0) is 74.8 Å². The molecule has 2 nitrogen and oxygen atoms in total. The first-order chi connectivity index (χ1) is 11.2. The van der Waals surface area contributed by atoms with Crippen molar-refractivity contribution in [3.05, 3.63) is 65.2 Å². The van der Waals surface area contributed by atoms with E-state index in [0.717, 1.165) is 13.0 Å². The quantitative estimate of drug-likeness (QED) is 0.848. The fourth-order valence-electron chi connectivity index (χ4n) is 3.55. The number of hydrogen-bond donors (Lipinski definition) is 2. The highest BCUT2D eigenvalue weighted by Gasteiger charge is 2.21. The summed E-state index contributed by atoms with van der Waals surface area (Å²) in [5.41, 5.74) is 4.12. The maximum absolute atomic E-state index is 9.39.